The molecule has 0 aliphatic heterocycles. The van der Waals surface area contributed by atoms with Crippen LogP contribution in [0.3, 0.4) is 0 Å². The first-order valence-corrected chi connectivity index (χ1v) is 9.94. The van der Waals surface area contributed by atoms with Gasteiger partial charge >= 0.3 is 0 Å². The van der Waals surface area contributed by atoms with Crippen molar-refractivity contribution in [2.45, 2.75) is 32.6 Å². The van der Waals surface area contributed by atoms with E-state index in [0.29, 0.717) is 5.92 Å². The summed E-state index contributed by atoms with van der Waals surface area (Å²) < 4.78 is 0. The Kier molecular flexibility index (Phi) is 3.86. The van der Waals surface area contributed by atoms with Gasteiger partial charge in [-0.1, -0.05) is 96.9 Å². The zero-order valence-corrected chi connectivity index (χ0v) is 16.0. The molecule has 3 aromatic carbocycles. The van der Waals surface area contributed by atoms with Crippen molar-refractivity contribution in [2.24, 2.45) is 0 Å². The molecule has 0 heterocycles. The lowest BCUT2D eigenvalue weighted by Crippen LogP contribution is -2.03. The van der Waals surface area contributed by atoms with Gasteiger partial charge in [0, 0.05) is 5.92 Å². The Morgan fingerprint density at radius 1 is 0.852 bits per heavy atom. The Bertz CT molecular complexity index is 1080. The summed E-state index contributed by atoms with van der Waals surface area (Å²) in [6.45, 7) is 4.61. The Morgan fingerprint density at radius 2 is 1.63 bits per heavy atom. The van der Waals surface area contributed by atoms with Crippen LogP contribution in [0.15, 0.2) is 83.9 Å². The molecule has 5 rings (SSSR count). The second-order valence-electron chi connectivity index (χ2n) is 7.70. The topological polar surface area (TPSA) is 0 Å². The number of hydrogen-bond donors (Lipinski definition) is 0. The number of rotatable bonds is 3. The van der Waals surface area contributed by atoms with E-state index in [1.165, 1.54) is 39.0 Å². The van der Waals surface area contributed by atoms with Crippen LogP contribution < -0.4 is 0 Å². The molecule has 2 aliphatic rings. The lowest BCUT2D eigenvalue weighted by molar-refractivity contribution is 0.990. The third kappa shape index (κ3) is 2.51. The third-order valence-corrected chi connectivity index (χ3v) is 6.15. The molecule has 0 radical (unpaired) electrons. The molecule has 27 heavy (non-hydrogen) atoms. The van der Waals surface area contributed by atoms with Crippen molar-refractivity contribution < 1.29 is 0 Å². The van der Waals surface area contributed by atoms with Crippen LogP contribution in [0, 0.1) is 0 Å². The van der Waals surface area contributed by atoms with Crippen molar-refractivity contribution >= 4 is 11.6 Å². The van der Waals surface area contributed by atoms with Crippen molar-refractivity contribution in [3.8, 4) is 11.1 Å². The first-order chi connectivity index (χ1) is 13.3. The molecule has 1 unspecified atom stereocenters. The van der Waals surface area contributed by atoms with Crippen LogP contribution in [0.1, 0.15) is 48.4 Å². The minimum atomic E-state index is 0.391. The molecule has 0 N–H and O–H groups in total. The molecular weight excluding hydrogens is 324 g/mol. The van der Waals surface area contributed by atoms with Crippen molar-refractivity contribution in [2.75, 3.05) is 0 Å². The fourth-order valence-corrected chi connectivity index (χ4v) is 4.95. The predicted octanol–water partition coefficient (Wildman–Crippen LogP) is 7.27. The Hall–Kier alpha value is -2.86. The molecule has 0 saturated carbocycles. The zero-order chi connectivity index (χ0) is 18.4. The van der Waals surface area contributed by atoms with E-state index in [2.05, 4.69) is 92.7 Å². The van der Waals surface area contributed by atoms with Gasteiger partial charge in [0.2, 0.25) is 0 Å². The van der Waals surface area contributed by atoms with E-state index in [4.69, 9.17) is 0 Å². The summed E-state index contributed by atoms with van der Waals surface area (Å²) in [5.74, 6) is 0.391. The van der Waals surface area contributed by atoms with Crippen molar-refractivity contribution in [1.29, 1.82) is 0 Å². The molecule has 2 aliphatic carbocycles. The standard InChI is InChI=1S/C27H24/c1-3-19-17-22-13-9-15-23(20-10-5-4-6-11-20)26(22)27(19)25-18(2)16-21-12-7-8-14-24(21)25/h4-16,25H,3,17H2,1-2H3. The number of fused-ring (bicyclic) bond motifs is 2. The van der Waals surface area contributed by atoms with Gasteiger partial charge in [-0.25, -0.2) is 0 Å². The van der Waals surface area contributed by atoms with Crippen molar-refractivity contribution in [3.05, 3.63) is 106 Å². The van der Waals surface area contributed by atoms with Gasteiger partial charge < -0.3 is 0 Å². The molecule has 0 aromatic heterocycles. The average Bonchev–Trinajstić information content (AvgIpc) is 3.24. The van der Waals surface area contributed by atoms with Crippen molar-refractivity contribution in [3.63, 3.8) is 0 Å². The van der Waals surface area contributed by atoms with E-state index in [-0.39, 0.29) is 0 Å². The lowest BCUT2D eigenvalue weighted by atomic mass is 9.81. The normalized spacial score (nSPS) is 17.7. The molecule has 0 heteroatoms. The first-order valence-electron chi connectivity index (χ1n) is 9.94. The highest BCUT2D eigenvalue weighted by Crippen LogP contribution is 2.52. The summed E-state index contributed by atoms with van der Waals surface area (Å²) in [6.07, 6.45) is 4.58. The maximum absolute atomic E-state index is 2.38. The SMILES string of the molecule is CCC1=C(C2C(C)=Cc3ccccc32)c2c(cccc2-c2ccccc2)C1. The van der Waals surface area contributed by atoms with E-state index in [1.54, 1.807) is 11.1 Å². The highest BCUT2D eigenvalue weighted by Gasteiger charge is 2.34. The summed E-state index contributed by atoms with van der Waals surface area (Å²) in [7, 11) is 0. The summed E-state index contributed by atoms with van der Waals surface area (Å²) in [4.78, 5) is 0. The van der Waals surface area contributed by atoms with Gasteiger partial charge in [-0.2, -0.15) is 0 Å². The monoisotopic (exact) mass is 348 g/mol. The highest BCUT2D eigenvalue weighted by molar-refractivity contribution is 5.93. The molecule has 132 valence electrons. The second-order valence-corrected chi connectivity index (χ2v) is 7.70. The maximum Gasteiger partial charge on any atom is 0.0311 e. The van der Waals surface area contributed by atoms with E-state index >= 15 is 0 Å². The quantitative estimate of drug-likeness (QED) is 0.467. The van der Waals surface area contributed by atoms with Crippen molar-refractivity contribution in [1.82, 2.24) is 0 Å². The zero-order valence-electron chi connectivity index (χ0n) is 16.0. The van der Waals surface area contributed by atoms with Crippen LogP contribution in [0.2, 0.25) is 0 Å². The van der Waals surface area contributed by atoms with Gasteiger partial charge in [-0.3, -0.25) is 0 Å². The van der Waals surface area contributed by atoms with Gasteiger partial charge in [0.25, 0.3) is 0 Å². The Balaban J connectivity index is 1.75. The summed E-state index contributed by atoms with van der Waals surface area (Å²) in [5.41, 5.74) is 13.1. The first kappa shape index (κ1) is 16.3. The molecule has 0 spiro atoms. The third-order valence-electron chi connectivity index (χ3n) is 6.15. The van der Waals surface area contributed by atoms with Crippen LogP contribution in [0.4, 0.5) is 0 Å². The van der Waals surface area contributed by atoms with E-state index in [9.17, 15) is 0 Å². The van der Waals surface area contributed by atoms with Gasteiger partial charge in [-0.15, -0.1) is 0 Å². The number of benzene rings is 3. The van der Waals surface area contributed by atoms with E-state index < -0.39 is 0 Å². The fraction of sp³-hybridized carbons (Fsp3) is 0.185. The summed E-state index contributed by atoms with van der Waals surface area (Å²) >= 11 is 0. The predicted molar refractivity (Wildman–Crippen MR) is 116 cm³/mol. The van der Waals surface area contributed by atoms with Gasteiger partial charge in [0.15, 0.2) is 0 Å². The largest absolute Gasteiger partial charge is 0.0622 e. The minimum Gasteiger partial charge on any atom is -0.0622 e. The molecular formula is C27H24. The molecule has 0 saturated heterocycles. The molecule has 0 fully saturated rings. The van der Waals surface area contributed by atoms with Gasteiger partial charge in [0.1, 0.15) is 0 Å². The van der Waals surface area contributed by atoms with Crippen LogP contribution in [-0.4, -0.2) is 0 Å². The average molecular weight is 348 g/mol. The smallest absolute Gasteiger partial charge is 0.0311 e. The number of hydrogen-bond acceptors (Lipinski definition) is 0. The van der Waals surface area contributed by atoms with Gasteiger partial charge in [-0.05, 0) is 58.7 Å². The fourth-order valence-electron chi connectivity index (χ4n) is 4.95. The molecule has 3 aromatic rings. The van der Waals surface area contributed by atoms with E-state index in [1.807, 2.05) is 0 Å². The summed E-state index contributed by atoms with van der Waals surface area (Å²) in [6, 6.07) is 26.6. The Morgan fingerprint density at radius 3 is 2.44 bits per heavy atom. The minimum absolute atomic E-state index is 0.391. The van der Waals surface area contributed by atoms with Crippen LogP contribution in [0.5, 0.6) is 0 Å². The summed E-state index contributed by atoms with van der Waals surface area (Å²) in [5, 5.41) is 0. The lowest BCUT2D eigenvalue weighted by Gasteiger charge is -2.22. The molecule has 1 atom stereocenters. The highest BCUT2D eigenvalue weighted by atomic mass is 14.4. The molecule has 0 bridgehead atoms. The Labute approximate surface area is 161 Å². The van der Waals surface area contributed by atoms with Crippen LogP contribution >= 0.6 is 0 Å². The maximum atomic E-state index is 2.38. The van der Waals surface area contributed by atoms with Gasteiger partial charge in [0.05, 0.1) is 0 Å². The molecule has 0 nitrogen and oxygen atoms in total. The second kappa shape index (κ2) is 6.39. The molecule has 0 amide bonds. The van der Waals surface area contributed by atoms with Crippen LogP contribution in [0.25, 0.3) is 22.8 Å². The van der Waals surface area contributed by atoms with Crippen LogP contribution in [-0.2, 0) is 6.42 Å². The van der Waals surface area contributed by atoms with E-state index in [0.717, 1.165) is 12.8 Å². The number of allylic oxidation sites excluding steroid dienone is 3.